The second-order valence-electron chi connectivity index (χ2n) is 10.0. The van der Waals surface area contributed by atoms with Gasteiger partial charge in [-0.05, 0) is 49.9 Å². The van der Waals surface area contributed by atoms with Crippen LogP contribution in [-0.2, 0) is 14.3 Å². The molecule has 8 nitrogen and oxygen atoms in total. The Labute approximate surface area is 184 Å². The molecule has 4 aliphatic rings. The first-order valence-electron chi connectivity index (χ1n) is 12.1. The second-order valence-corrected chi connectivity index (χ2v) is 10.0. The van der Waals surface area contributed by atoms with E-state index in [1.165, 1.54) is 0 Å². The zero-order valence-electron chi connectivity index (χ0n) is 18.8. The molecule has 8 heteroatoms. The molecular formula is C23H36N4O4. The highest BCUT2D eigenvalue weighted by molar-refractivity contribution is 5.79. The Balaban J connectivity index is 1.27. The van der Waals surface area contributed by atoms with Crippen LogP contribution in [0.3, 0.4) is 0 Å². The molecule has 0 aromatic carbocycles. The Morgan fingerprint density at radius 3 is 2.35 bits per heavy atom. The van der Waals surface area contributed by atoms with E-state index in [2.05, 4.69) is 20.0 Å². The lowest BCUT2D eigenvalue weighted by Crippen LogP contribution is -2.48. The molecule has 5 heterocycles. The third-order valence-electron chi connectivity index (χ3n) is 8.06. The molecule has 1 unspecified atom stereocenters. The Kier molecular flexibility index (Phi) is 6.30. The van der Waals surface area contributed by atoms with Gasteiger partial charge in [-0.1, -0.05) is 0 Å². The predicted octanol–water partition coefficient (Wildman–Crippen LogP) is 2.24. The molecule has 1 spiro atoms. The van der Waals surface area contributed by atoms with Gasteiger partial charge in [0, 0.05) is 72.0 Å². The zero-order valence-corrected chi connectivity index (χ0v) is 18.8. The highest BCUT2D eigenvalue weighted by Crippen LogP contribution is 2.50. The van der Waals surface area contributed by atoms with Gasteiger partial charge >= 0.3 is 0 Å². The van der Waals surface area contributed by atoms with Gasteiger partial charge in [0.2, 0.25) is 17.7 Å². The summed E-state index contributed by atoms with van der Waals surface area (Å²) in [5, 5.41) is 8.55. The van der Waals surface area contributed by atoms with Gasteiger partial charge in [-0.3, -0.25) is 4.79 Å². The van der Waals surface area contributed by atoms with Crippen molar-refractivity contribution in [2.45, 2.75) is 51.4 Å². The summed E-state index contributed by atoms with van der Waals surface area (Å²) < 4.78 is 16.9. The minimum Gasteiger partial charge on any atom is -0.425 e. The Bertz CT molecular complexity index is 749. The molecule has 172 valence electrons. The molecular weight excluding hydrogens is 396 g/mol. The third-order valence-corrected chi connectivity index (χ3v) is 8.06. The van der Waals surface area contributed by atoms with Crippen LogP contribution in [0.25, 0.3) is 0 Å². The first kappa shape index (κ1) is 21.3. The van der Waals surface area contributed by atoms with E-state index in [0.29, 0.717) is 30.9 Å². The van der Waals surface area contributed by atoms with Gasteiger partial charge in [0.25, 0.3) is 0 Å². The monoisotopic (exact) mass is 432 g/mol. The molecule has 0 N–H and O–H groups in total. The predicted molar refractivity (Wildman–Crippen MR) is 114 cm³/mol. The van der Waals surface area contributed by atoms with E-state index in [1.54, 1.807) is 0 Å². The quantitative estimate of drug-likeness (QED) is 0.722. The SMILES string of the molecule is Cc1nnc(C2CN(CC3CCOCC3)CC23CCN(C(=O)C2CCOCC2)CC3)o1. The first-order chi connectivity index (χ1) is 15.1. The number of ether oxygens (including phenoxy) is 2. The van der Waals surface area contributed by atoms with Crippen molar-refractivity contribution in [3.05, 3.63) is 11.8 Å². The number of carbonyl (C=O) groups is 1. The topological polar surface area (TPSA) is 80.9 Å². The molecule has 1 amide bonds. The van der Waals surface area contributed by atoms with Gasteiger partial charge < -0.3 is 23.7 Å². The molecule has 1 aromatic rings. The Hall–Kier alpha value is -1.51. The summed E-state index contributed by atoms with van der Waals surface area (Å²) in [6.45, 7) is 9.92. The smallest absolute Gasteiger partial charge is 0.225 e. The van der Waals surface area contributed by atoms with Crippen LogP contribution >= 0.6 is 0 Å². The summed E-state index contributed by atoms with van der Waals surface area (Å²) in [5.41, 5.74) is 0.122. The van der Waals surface area contributed by atoms with Gasteiger partial charge in [0.15, 0.2) is 0 Å². The average Bonchev–Trinajstić information content (AvgIpc) is 3.38. The molecule has 1 aromatic heterocycles. The van der Waals surface area contributed by atoms with Gasteiger partial charge in [-0.2, -0.15) is 0 Å². The van der Waals surface area contributed by atoms with Crippen molar-refractivity contribution in [3.63, 3.8) is 0 Å². The number of nitrogens with zero attached hydrogens (tertiary/aromatic N) is 4. The highest BCUT2D eigenvalue weighted by atomic mass is 16.5. The maximum Gasteiger partial charge on any atom is 0.225 e. The Morgan fingerprint density at radius 2 is 1.71 bits per heavy atom. The number of hydrogen-bond donors (Lipinski definition) is 0. The number of aryl methyl sites for hydroxylation is 1. The second kappa shape index (κ2) is 9.16. The lowest BCUT2D eigenvalue weighted by molar-refractivity contribution is -0.141. The van der Waals surface area contributed by atoms with Crippen molar-refractivity contribution in [1.82, 2.24) is 20.0 Å². The molecule has 31 heavy (non-hydrogen) atoms. The zero-order chi connectivity index (χ0) is 21.3. The van der Waals surface area contributed by atoms with Crippen molar-refractivity contribution >= 4 is 5.91 Å². The fraction of sp³-hybridized carbons (Fsp3) is 0.870. The van der Waals surface area contributed by atoms with Crippen molar-refractivity contribution in [3.8, 4) is 0 Å². The summed E-state index contributed by atoms with van der Waals surface area (Å²) in [6, 6.07) is 0. The number of amides is 1. The van der Waals surface area contributed by atoms with Crippen LogP contribution in [0.15, 0.2) is 4.42 Å². The molecule has 1 atom stereocenters. The first-order valence-corrected chi connectivity index (χ1v) is 12.1. The van der Waals surface area contributed by atoms with E-state index in [0.717, 1.165) is 90.4 Å². The van der Waals surface area contributed by atoms with Crippen molar-refractivity contribution in [2.24, 2.45) is 17.3 Å². The van der Waals surface area contributed by atoms with Crippen LogP contribution in [-0.4, -0.2) is 85.1 Å². The fourth-order valence-corrected chi connectivity index (χ4v) is 6.18. The van der Waals surface area contributed by atoms with Gasteiger partial charge in [0.05, 0.1) is 5.92 Å². The minimum absolute atomic E-state index is 0.122. The molecule has 4 fully saturated rings. The number of aromatic nitrogens is 2. The van der Waals surface area contributed by atoms with Crippen LogP contribution in [0.2, 0.25) is 0 Å². The largest absolute Gasteiger partial charge is 0.425 e. The van der Waals surface area contributed by atoms with Gasteiger partial charge in [0.1, 0.15) is 0 Å². The number of rotatable bonds is 4. The van der Waals surface area contributed by atoms with E-state index >= 15 is 0 Å². The van der Waals surface area contributed by atoms with E-state index in [1.807, 2.05) is 6.92 Å². The standard InChI is InChI=1S/C23H36N4O4/c1-17-24-25-21(31-17)20-15-26(14-18-2-10-29-11-3-18)16-23(20)6-8-27(9-7-23)22(28)19-4-12-30-13-5-19/h18-20H,2-16H2,1H3. The number of likely N-dealkylation sites (tertiary alicyclic amines) is 2. The lowest BCUT2D eigenvalue weighted by Gasteiger charge is -2.43. The number of hydrogen-bond acceptors (Lipinski definition) is 7. The third kappa shape index (κ3) is 4.52. The summed E-state index contributed by atoms with van der Waals surface area (Å²) in [7, 11) is 0. The van der Waals surface area contributed by atoms with Crippen LogP contribution in [0.5, 0.6) is 0 Å². The van der Waals surface area contributed by atoms with Gasteiger partial charge in [-0.15, -0.1) is 10.2 Å². The molecule has 4 aliphatic heterocycles. The van der Waals surface area contributed by atoms with E-state index < -0.39 is 0 Å². The lowest BCUT2D eigenvalue weighted by atomic mass is 9.70. The van der Waals surface area contributed by atoms with E-state index in [9.17, 15) is 4.79 Å². The summed E-state index contributed by atoms with van der Waals surface area (Å²) >= 11 is 0. The normalized spacial score (nSPS) is 28.4. The molecule has 0 bridgehead atoms. The maximum atomic E-state index is 13.0. The van der Waals surface area contributed by atoms with Crippen LogP contribution in [0.4, 0.5) is 0 Å². The molecule has 0 radical (unpaired) electrons. The van der Waals surface area contributed by atoms with Crippen LogP contribution < -0.4 is 0 Å². The Morgan fingerprint density at radius 1 is 1.03 bits per heavy atom. The molecule has 5 rings (SSSR count). The minimum atomic E-state index is 0.122. The molecule has 0 aliphatic carbocycles. The molecule has 0 saturated carbocycles. The average molecular weight is 433 g/mol. The van der Waals surface area contributed by atoms with E-state index in [-0.39, 0.29) is 17.3 Å². The highest BCUT2D eigenvalue weighted by Gasteiger charge is 2.51. The molecule has 4 saturated heterocycles. The van der Waals surface area contributed by atoms with E-state index in [4.69, 9.17) is 13.9 Å². The number of piperidine rings is 1. The van der Waals surface area contributed by atoms with Crippen molar-refractivity contribution in [2.75, 3.05) is 59.2 Å². The van der Waals surface area contributed by atoms with Crippen molar-refractivity contribution < 1.29 is 18.7 Å². The summed E-state index contributed by atoms with van der Waals surface area (Å²) in [4.78, 5) is 17.8. The maximum absolute atomic E-state index is 13.0. The summed E-state index contributed by atoms with van der Waals surface area (Å²) in [6.07, 6.45) is 6.06. The van der Waals surface area contributed by atoms with Crippen LogP contribution in [0, 0.1) is 24.2 Å². The van der Waals surface area contributed by atoms with Crippen LogP contribution in [0.1, 0.15) is 56.2 Å². The summed E-state index contributed by atoms with van der Waals surface area (Å²) in [5.74, 6) is 2.88. The van der Waals surface area contributed by atoms with Crippen molar-refractivity contribution in [1.29, 1.82) is 0 Å². The number of carbonyl (C=O) groups excluding carboxylic acids is 1. The van der Waals surface area contributed by atoms with Gasteiger partial charge in [-0.25, -0.2) is 0 Å². The fourth-order valence-electron chi connectivity index (χ4n) is 6.18.